The fraction of sp³-hybridized carbons (Fsp3) is 0.200. The van der Waals surface area contributed by atoms with E-state index < -0.39 is 0 Å². The van der Waals surface area contributed by atoms with E-state index in [-0.39, 0.29) is 5.56 Å². The van der Waals surface area contributed by atoms with E-state index in [4.69, 9.17) is 0 Å². The van der Waals surface area contributed by atoms with E-state index >= 15 is 0 Å². The van der Waals surface area contributed by atoms with Gasteiger partial charge in [-0.05, 0) is 45.1 Å². The molecule has 0 unspecified atom stereocenters. The third-order valence-corrected chi connectivity index (χ3v) is 13.1. The van der Waals surface area contributed by atoms with Gasteiger partial charge >= 0.3 is 0 Å². The summed E-state index contributed by atoms with van der Waals surface area (Å²) >= 11 is 8.92. The molecule has 196 valence electrons. The van der Waals surface area contributed by atoms with Crippen molar-refractivity contribution in [2.75, 3.05) is 11.4 Å². The molecule has 1 aliphatic rings. The Morgan fingerprint density at radius 2 is 1.59 bits per heavy atom. The molecule has 9 heteroatoms. The molecule has 0 atom stereocenters. The number of rotatable bonds is 5. The molecule has 7 rings (SSSR count). The van der Waals surface area contributed by atoms with Crippen molar-refractivity contribution in [3.8, 4) is 0 Å². The number of nitrogens with zero attached hydrogens (tertiary/aromatic N) is 3. The maximum absolute atomic E-state index is 13.4. The monoisotopic (exact) mass is 604 g/mol. The van der Waals surface area contributed by atoms with Crippen LogP contribution in [0.3, 0.4) is 0 Å². The Morgan fingerprint density at radius 1 is 0.846 bits per heavy atom. The van der Waals surface area contributed by atoms with Gasteiger partial charge in [0, 0.05) is 33.3 Å². The van der Waals surface area contributed by atoms with Crippen molar-refractivity contribution >= 4 is 104 Å². The van der Waals surface area contributed by atoms with Gasteiger partial charge in [0.25, 0.3) is 15.4 Å². The van der Waals surface area contributed by atoms with Crippen LogP contribution in [0, 0.1) is 0 Å². The van der Waals surface area contributed by atoms with Crippen LogP contribution >= 0.6 is 57.1 Å². The van der Waals surface area contributed by atoms with Gasteiger partial charge in [-0.3, -0.25) is 9.36 Å². The van der Waals surface area contributed by atoms with Crippen LogP contribution in [0.15, 0.2) is 69.3 Å². The first-order valence-electron chi connectivity index (χ1n) is 13.0. The lowest BCUT2D eigenvalue weighted by atomic mass is 10.2. The minimum absolute atomic E-state index is 0.0868. The molecule has 4 aromatic heterocycles. The number of thiazole rings is 2. The van der Waals surface area contributed by atoms with Crippen molar-refractivity contribution in [1.82, 2.24) is 4.57 Å². The Balaban J connectivity index is 1.32. The van der Waals surface area contributed by atoms with E-state index in [2.05, 4.69) is 90.9 Å². The molecule has 1 aliphatic heterocycles. The lowest BCUT2D eigenvalue weighted by molar-refractivity contribution is -0.663. The number of hydrogen-bond acceptors (Lipinski definition) is 7. The van der Waals surface area contributed by atoms with Gasteiger partial charge in [-0.1, -0.05) is 70.8 Å². The highest BCUT2D eigenvalue weighted by Crippen LogP contribution is 2.54. The van der Waals surface area contributed by atoms with E-state index in [1.165, 1.54) is 49.6 Å². The topological polar surface area (TPSA) is 29.1 Å². The van der Waals surface area contributed by atoms with Crippen LogP contribution in [0.4, 0.5) is 5.00 Å². The molecule has 0 spiro atoms. The van der Waals surface area contributed by atoms with Gasteiger partial charge in [-0.25, -0.2) is 0 Å². The fourth-order valence-electron chi connectivity index (χ4n) is 5.13. The van der Waals surface area contributed by atoms with E-state index in [9.17, 15) is 4.79 Å². The maximum atomic E-state index is 13.4. The predicted molar refractivity (Wildman–Crippen MR) is 173 cm³/mol. The Morgan fingerprint density at radius 3 is 2.33 bits per heavy atom. The average molecular weight is 605 g/mol. The zero-order valence-corrected chi connectivity index (χ0v) is 25.8. The molecule has 4 nitrogen and oxygen atoms in total. The predicted octanol–water partition coefficient (Wildman–Crippen LogP) is 6.96. The van der Waals surface area contributed by atoms with Crippen LogP contribution in [-0.2, 0) is 13.1 Å². The molecule has 0 bridgehead atoms. The summed E-state index contributed by atoms with van der Waals surface area (Å²) in [7, 11) is 0. The number of aryl methyl sites for hydroxylation is 1. The number of benzene rings is 2. The summed E-state index contributed by atoms with van der Waals surface area (Å²) in [4.78, 5) is 18.4. The molecule has 0 saturated carbocycles. The third-order valence-electron chi connectivity index (χ3n) is 7.01. The Bertz CT molecular complexity index is 2100. The van der Waals surface area contributed by atoms with Crippen molar-refractivity contribution in [3.63, 3.8) is 0 Å². The van der Waals surface area contributed by atoms with Gasteiger partial charge in [-0.2, -0.15) is 4.57 Å². The fourth-order valence-corrected chi connectivity index (χ4v) is 11.7. The van der Waals surface area contributed by atoms with Gasteiger partial charge < -0.3 is 4.90 Å². The lowest BCUT2D eigenvalue weighted by Gasteiger charge is -2.15. The number of thiophene rings is 2. The van der Waals surface area contributed by atoms with Crippen LogP contribution in [0.25, 0.3) is 41.9 Å². The number of allylic oxidation sites excluding steroid dienone is 1. The van der Waals surface area contributed by atoms with Crippen molar-refractivity contribution < 1.29 is 4.57 Å². The summed E-state index contributed by atoms with van der Waals surface area (Å²) in [5.74, 6) is 0. The highest BCUT2D eigenvalue weighted by Gasteiger charge is 2.28. The lowest BCUT2D eigenvalue weighted by Crippen LogP contribution is -2.34. The molecule has 2 aromatic carbocycles. The SMILES string of the molecule is CCN1C(=CC=c2sc(=Cc3sc4c5ccccc5sc4[n+]3CC)n(CC)c2=O)Sc2c1sc1ccccc21. The standard InChI is InChI=1S/C30H26N3OS5/c1-4-31-24(17-25-33(6-3)30-27(39-25)19-12-8-10-14-21(19)37-30)35-22(28(31)34)15-16-23-32(5-2)29-26(38-23)18-11-7-9-13-20(18)36-29/h7-17H,4-6H2,1-3H3/q+1. The number of aromatic nitrogens is 2. The van der Waals surface area contributed by atoms with E-state index in [0.717, 1.165) is 22.3 Å². The first-order valence-corrected chi connectivity index (χ1v) is 17.1. The largest absolute Gasteiger partial charge is 0.327 e. The molecule has 0 fully saturated rings. The maximum Gasteiger partial charge on any atom is 0.281 e. The minimum Gasteiger partial charge on any atom is -0.327 e. The Hall–Kier alpha value is -2.69. The average Bonchev–Trinajstić information content (AvgIpc) is 3.72. The molecule has 0 radical (unpaired) electrons. The summed E-state index contributed by atoms with van der Waals surface area (Å²) in [5.41, 5.74) is 0.0868. The Kier molecular flexibility index (Phi) is 6.52. The third kappa shape index (κ3) is 4.05. The van der Waals surface area contributed by atoms with Crippen molar-refractivity contribution in [1.29, 1.82) is 0 Å². The van der Waals surface area contributed by atoms with Crippen LogP contribution in [0.5, 0.6) is 0 Å². The molecule has 39 heavy (non-hydrogen) atoms. The highest BCUT2D eigenvalue weighted by atomic mass is 32.2. The molecule has 0 aliphatic carbocycles. The number of anilines is 1. The van der Waals surface area contributed by atoms with Crippen molar-refractivity contribution in [2.45, 2.75) is 38.8 Å². The molecular weight excluding hydrogens is 579 g/mol. The van der Waals surface area contributed by atoms with Gasteiger partial charge in [0.2, 0.25) is 0 Å². The highest BCUT2D eigenvalue weighted by molar-refractivity contribution is 8.04. The first-order chi connectivity index (χ1) is 19.1. The molecule has 0 saturated heterocycles. The zero-order chi connectivity index (χ0) is 26.7. The molecule has 0 N–H and O–H groups in total. The van der Waals surface area contributed by atoms with Crippen molar-refractivity contribution in [2.24, 2.45) is 0 Å². The quantitative estimate of drug-likeness (QED) is 0.199. The summed E-state index contributed by atoms with van der Waals surface area (Å²) < 4.78 is 10.1. The minimum atomic E-state index is 0.0868. The summed E-state index contributed by atoms with van der Waals surface area (Å²) in [6.07, 6.45) is 6.36. The van der Waals surface area contributed by atoms with E-state index in [1.54, 1.807) is 11.3 Å². The first kappa shape index (κ1) is 25.3. The number of fused-ring (bicyclic) bond motifs is 6. The number of thioether (sulfide) groups is 1. The molecule has 0 amide bonds. The second-order valence-corrected chi connectivity index (χ2v) is 14.4. The van der Waals surface area contributed by atoms with Gasteiger partial charge in [0.1, 0.15) is 20.9 Å². The van der Waals surface area contributed by atoms with E-state index in [0.29, 0.717) is 6.54 Å². The zero-order valence-electron chi connectivity index (χ0n) is 21.8. The van der Waals surface area contributed by atoms with Crippen LogP contribution in [0.2, 0.25) is 0 Å². The van der Waals surface area contributed by atoms with Crippen LogP contribution in [-0.4, -0.2) is 11.1 Å². The smallest absolute Gasteiger partial charge is 0.281 e. The van der Waals surface area contributed by atoms with Gasteiger partial charge in [0.15, 0.2) is 0 Å². The van der Waals surface area contributed by atoms with Crippen molar-refractivity contribution in [3.05, 3.63) is 84.2 Å². The Labute approximate surface area is 246 Å². The molecular formula is C30H26N3OS5+. The summed E-state index contributed by atoms with van der Waals surface area (Å²) in [6, 6.07) is 17.3. The second-order valence-electron chi connectivity index (χ2n) is 9.17. The molecule has 5 heterocycles. The summed E-state index contributed by atoms with van der Waals surface area (Å²) in [5, 5.41) is 6.32. The van der Waals surface area contributed by atoms with E-state index in [1.807, 2.05) is 56.4 Å². The molecule has 6 aromatic rings. The summed E-state index contributed by atoms with van der Waals surface area (Å²) in [6.45, 7) is 8.89. The normalized spacial score (nSPS) is 15.7. The number of hydrogen-bond donors (Lipinski definition) is 0. The van der Waals surface area contributed by atoms with Gasteiger partial charge in [0.05, 0.1) is 20.5 Å². The second kappa shape index (κ2) is 10.1. The van der Waals surface area contributed by atoms with Crippen LogP contribution < -0.4 is 24.2 Å². The van der Waals surface area contributed by atoms with Crippen LogP contribution in [0.1, 0.15) is 25.8 Å². The van der Waals surface area contributed by atoms with Gasteiger partial charge in [-0.15, -0.1) is 22.7 Å².